The fourth-order valence-corrected chi connectivity index (χ4v) is 2.88. The first-order chi connectivity index (χ1) is 9.83. The number of hydrogen-bond acceptors (Lipinski definition) is 3. The molecule has 1 atom stereocenters. The van der Waals surface area contributed by atoms with Gasteiger partial charge in [-0.05, 0) is 38.4 Å². The monoisotopic (exact) mass is 275 g/mol. The Labute approximate surface area is 121 Å². The molecule has 1 aliphatic heterocycles. The van der Waals surface area contributed by atoms with Crippen molar-refractivity contribution in [1.82, 2.24) is 4.90 Å². The topological polar surface area (TPSA) is 29.5 Å². The molecule has 20 heavy (non-hydrogen) atoms. The molecule has 1 aromatic rings. The summed E-state index contributed by atoms with van der Waals surface area (Å²) in [5, 5.41) is 0. The highest BCUT2D eigenvalue weighted by Crippen LogP contribution is 2.25. The summed E-state index contributed by atoms with van der Waals surface area (Å²) >= 11 is 0. The van der Waals surface area contributed by atoms with Gasteiger partial charge in [-0.15, -0.1) is 0 Å². The maximum Gasteiger partial charge on any atom is 0.327 e. The summed E-state index contributed by atoms with van der Waals surface area (Å²) in [5.74, 6) is -0.112. The van der Waals surface area contributed by atoms with E-state index in [1.165, 1.54) is 32.1 Å². The maximum atomic E-state index is 12.4. The van der Waals surface area contributed by atoms with Crippen LogP contribution in [0.25, 0.3) is 0 Å². The lowest BCUT2D eigenvalue weighted by Gasteiger charge is -2.31. The Morgan fingerprint density at radius 3 is 2.30 bits per heavy atom. The zero-order valence-electron chi connectivity index (χ0n) is 12.4. The second-order valence-electron chi connectivity index (χ2n) is 5.37. The average molecular weight is 275 g/mol. The molecule has 0 aliphatic carbocycles. The molecule has 3 nitrogen and oxygen atoms in total. The van der Waals surface area contributed by atoms with Gasteiger partial charge in [0.05, 0.1) is 6.61 Å². The molecule has 2 rings (SSSR count). The Kier molecular flexibility index (Phi) is 6.06. The number of likely N-dealkylation sites (tertiary alicyclic amines) is 1. The zero-order valence-corrected chi connectivity index (χ0v) is 12.4. The van der Waals surface area contributed by atoms with Gasteiger partial charge in [0.2, 0.25) is 0 Å². The second kappa shape index (κ2) is 8.05. The average Bonchev–Trinajstić information content (AvgIpc) is 2.43. The van der Waals surface area contributed by atoms with Crippen LogP contribution in [0.2, 0.25) is 0 Å². The summed E-state index contributed by atoms with van der Waals surface area (Å²) in [7, 11) is 0. The van der Waals surface area contributed by atoms with Crippen molar-refractivity contribution in [2.24, 2.45) is 0 Å². The van der Waals surface area contributed by atoms with Gasteiger partial charge in [0.25, 0.3) is 0 Å². The van der Waals surface area contributed by atoms with Crippen LogP contribution in [0.4, 0.5) is 0 Å². The lowest BCUT2D eigenvalue weighted by Crippen LogP contribution is -2.37. The van der Waals surface area contributed by atoms with Crippen molar-refractivity contribution in [2.45, 2.75) is 45.1 Å². The first kappa shape index (κ1) is 15.0. The minimum absolute atomic E-state index is 0.112. The number of esters is 1. The molecule has 0 spiro atoms. The van der Waals surface area contributed by atoms with Crippen LogP contribution in [0.15, 0.2) is 30.3 Å². The van der Waals surface area contributed by atoms with E-state index in [0.717, 1.165) is 18.7 Å². The van der Waals surface area contributed by atoms with E-state index in [1.54, 1.807) is 0 Å². The highest BCUT2D eigenvalue weighted by atomic mass is 16.5. The smallest absolute Gasteiger partial charge is 0.327 e. The van der Waals surface area contributed by atoms with Gasteiger partial charge in [0, 0.05) is 0 Å². The molecule has 0 saturated carbocycles. The van der Waals surface area contributed by atoms with Crippen LogP contribution < -0.4 is 0 Å². The third-order valence-electron chi connectivity index (χ3n) is 3.88. The molecule has 1 fully saturated rings. The van der Waals surface area contributed by atoms with Crippen molar-refractivity contribution in [2.75, 3.05) is 19.7 Å². The molecule has 0 N–H and O–H groups in total. The predicted octanol–water partition coefficient (Wildman–Crippen LogP) is 3.56. The Hall–Kier alpha value is -1.35. The first-order valence-electron chi connectivity index (χ1n) is 7.78. The summed E-state index contributed by atoms with van der Waals surface area (Å²) in [6.07, 6.45) is 6.19. The van der Waals surface area contributed by atoms with Gasteiger partial charge < -0.3 is 4.74 Å². The van der Waals surface area contributed by atoms with E-state index in [2.05, 4.69) is 4.90 Å². The Morgan fingerprint density at radius 1 is 1.10 bits per heavy atom. The van der Waals surface area contributed by atoms with Crippen LogP contribution >= 0.6 is 0 Å². The predicted molar refractivity (Wildman–Crippen MR) is 80.5 cm³/mol. The minimum Gasteiger partial charge on any atom is -0.465 e. The van der Waals surface area contributed by atoms with Crippen molar-refractivity contribution in [3.05, 3.63) is 35.9 Å². The van der Waals surface area contributed by atoms with Gasteiger partial charge in [-0.25, -0.2) is 4.79 Å². The molecule has 3 heteroatoms. The molecule has 1 saturated heterocycles. The summed E-state index contributed by atoms with van der Waals surface area (Å²) in [6.45, 7) is 4.28. The van der Waals surface area contributed by atoms with Crippen LogP contribution in [0.3, 0.4) is 0 Å². The third kappa shape index (κ3) is 4.07. The second-order valence-corrected chi connectivity index (χ2v) is 5.37. The van der Waals surface area contributed by atoms with Crippen LogP contribution in [-0.2, 0) is 9.53 Å². The lowest BCUT2D eigenvalue weighted by atomic mass is 10.0. The van der Waals surface area contributed by atoms with Gasteiger partial charge >= 0.3 is 5.97 Å². The van der Waals surface area contributed by atoms with E-state index < -0.39 is 0 Å². The summed E-state index contributed by atoms with van der Waals surface area (Å²) in [6, 6.07) is 9.78. The fourth-order valence-electron chi connectivity index (χ4n) is 2.88. The third-order valence-corrected chi connectivity index (χ3v) is 3.88. The number of carbonyl (C=O) groups excluding carboxylic acids is 1. The number of rotatable bonds is 4. The van der Waals surface area contributed by atoms with Crippen LogP contribution in [0.1, 0.15) is 50.6 Å². The van der Waals surface area contributed by atoms with Crippen molar-refractivity contribution in [1.29, 1.82) is 0 Å². The molecule has 0 aromatic heterocycles. The highest BCUT2D eigenvalue weighted by molar-refractivity contribution is 5.77. The lowest BCUT2D eigenvalue weighted by molar-refractivity contribution is -0.150. The van der Waals surface area contributed by atoms with Crippen LogP contribution in [0.5, 0.6) is 0 Å². The SMILES string of the molecule is CCOC(=O)C(c1ccccc1)N1CCCCCCC1. The molecule has 1 aliphatic rings. The Bertz CT molecular complexity index is 397. The largest absolute Gasteiger partial charge is 0.465 e. The molecule has 1 heterocycles. The first-order valence-corrected chi connectivity index (χ1v) is 7.78. The van der Waals surface area contributed by atoms with E-state index in [4.69, 9.17) is 4.74 Å². The quantitative estimate of drug-likeness (QED) is 0.787. The minimum atomic E-state index is -0.241. The number of ether oxygens (including phenoxy) is 1. The number of hydrogen-bond donors (Lipinski definition) is 0. The summed E-state index contributed by atoms with van der Waals surface area (Å²) in [5.41, 5.74) is 1.05. The van der Waals surface area contributed by atoms with Gasteiger partial charge in [0.1, 0.15) is 6.04 Å². The van der Waals surface area contributed by atoms with Crippen LogP contribution in [-0.4, -0.2) is 30.6 Å². The molecule has 0 bridgehead atoms. The van der Waals surface area contributed by atoms with E-state index in [9.17, 15) is 4.79 Å². The highest BCUT2D eigenvalue weighted by Gasteiger charge is 2.28. The number of nitrogens with zero attached hydrogens (tertiary/aromatic N) is 1. The maximum absolute atomic E-state index is 12.4. The van der Waals surface area contributed by atoms with Crippen molar-refractivity contribution in [3.63, 3.8) is 0 Å². The molecule has 1 unspecified atom stereocenters. The van der Waals surface area contributed by atoms with Crippen molar-refractivity contribution in [3.8, 4) is 0 Å². The number of carbonyl (C=O) groups is 1. The zero-order chi connectivity index (χ0) is 14.2. The normalized spacial score (nSPS) is 18.9. The molecular formula is C17H25NO2. The molecule has 1 aromatic carbocycles. The standard InChI is InChI=1S/C17H25NO2/c1-2-20-17(19)16(15-11-7-6-8-12-15)18-13-9-4-3-5-10-14-18/h6-8,11-12,16H,2-5,9-10,13-14H2,1H3. The van der Waals surface area contributed by atoms with Crippen LogP contribution in [0, 0.1) is 0 Å². The van der Waals surface area contributed by atoms with Crippen molar-refractivity contribution < 1.29 is 9.53 Å². The van der Waals surface area contributed by atoms with E-state index in [0.29, 0.717) is 6.61 Å². The summed E-state index contributed by atoms with van der Waals surface area (Å²) < 4.78 is 5.30. The summed E-state index contributed by atoms with van der Waals surface area (Å²) in [4.78, 5) is 14.7. The van der Waals surface area contributed by atoms with Gasteiger partial charge in [-0.2, -0.15) is 0 Å². The van der Waals surface area contributed by atoms with E-state index in [1.807, 2.05) is 37.3 Å². The molecular weight excluding hydrogens is 250 g/mol. The van der Waals surface area contributed by atoms with Crippen molar-refractivity contribution >= 4 is 5.97 Å². The molecule has 0 radical (unpaired) electrons. The van der Waals surface area contributed by atoms with Gasteiger partial charge in [0.15, 0.2) is 0 Å². The Morgan fingerprint density at radius 2 is 1.70 bits per heavy atom. The fraction of sp³-hybridized carbons (Fsp3) is 0.588. The van der Waals surface area contributed by atoms with Gasteiger partial charge in [-0.3, -0.25) is 4.90 Å². The molecule has 0 amide bonds. The van der Waals surface area contributed by atoms with E-state index >= 15 is 0 Å². The number of benzene rings is 1. The van der Waals surface area contributed by atoms with Gasteiger partial charge in [-0.1, -0.05) is 49.6 Å². The molecule has 110 valence electrons. The van der Waals surface area contributed by atoms with E-state index in [-0.39, 0.29) is 12.0 Å². The Balaban J connectivity index is 2.18.